The minimum absolute atomic E-state index is 0.142. The molecule has 856 valence electrons. The zero-order chi connectivity index (χ0) is 108. The Labute approximate surface area is 854 Å². The number of nitrogens with one attached hydrogen (secondary N) is 4. The van der Waals surface area contributed by atoms with Crippen LogP contribution in [-0.4, -0.2) is 499 Å². The Morgan fingerprint density at radius 1 is 0.279 bits per heavy atom. The zero-order valence-corrected chi connectivity index (χ0v) is 84.6. The molecule has 51 nitrogen and oxygen atoms in total. The van der Waals surface area contributed by atoms with Crippen molar-refractivity contribution in [1.82, 2.24) is 21.3 Å². The molecule has 0 saturated carbocycles. The van der Waals surface area contributed by atoms with Crippen molar-refractivity contribution in [3.05, 3.63) is 12.2 Å². The first-order valence-corrected chi connectivity index (χ1v) is 52.4. The summed E-state index contributed by atoms with van der Waals surface area (Å²) in [4.78, 5) is 53.4. The van der Waals surface area contributed by atoms with Gasteiger partial charge in [-0.2, -0.15) is 0 Å². The number of rotatable bonds is 61. The molecule has 9 rings (SSSR count). The van der Waals surface area contributed by atoms with Gasteiger partial charge in [-0.05, 0) is 26.2 Å². The van der Waals surface area contributed by atoms with Crippen molar-refractivity contribution in [2.75, 3.05) is 59.5 Å². The standard InChI is InChI=1S/C96H170N4O47/c1-7-9-11-13-15-17-19-21-22-24-26-28-30-32-34-36-60(113)100-50(51(112)35-33-31-29-27-25-23-20-18-16-14-12-10-8-2)45-130-91-76(126)73(123)82(58(43-107)139-91)142-95-77(127)85(66(116)53(38-102)134-95)145-89-62(98-48(5)110)70(120)81(57(42-106)137-89)141-94-78(128)87(68(118)54(39-103)133-94)147-90-63(99-49(6)111)84(144-92-74(124)71(121)64(114)46(3)131-92)83(59(44-108)138-90)143-96-79(129)86(67(117)55(40-104)135-96)146-88-61(97-47(4)109)69(119)80(56(41-105)136-88)140-93-75(125)72(122)65(115)52(37-101)132-93/h33,35,46,50-59,61-96,101-108,112,114-129H,7-32,34,36-45H2,1-6H3,(H,97,109)(H,98,110)(H,99,111)(H,100,113)/b35-33+/t46?,50-,51+,52?,53?,54?,55?,56?,57?,58?,59?,61?,62?,63?,64+,65-,66-,67-,68-,69+,70+,71?,72-,73+,74-,75?,76?,77?,78?,79?,80+,81+,82+,83+,84+,85-,86-,87-,88-,89-,90-,91+,92+,93-,94-,95-,96-/m0/s1. The summed E-state index contributed by atoms with van der Waals surface area (Å²) in [6, 6.07) is -7.00. The normalized spacial score (nSPS) is 40.6. The summed E-state index contributed by atoms with van der Waals surface area (Å²) in [5, 5.41) is 294. The molecule has 47 atom stereocenters. The van der Waals surface area contributed by atoms with Crippen molar-refractivity contribution < 1.29 is 232 Å². The third kappa shape index (κ3) is 35.2. The van der Waals surface area contributed by atoms with Gasteiger partial charge in [0.1, 0.15) is 213 Å². The molecule has 9 saturated heterocycles. The number of aliphatic hydroxyl groups excluding tert-OH is 25. The second-order valence-electron chi connectivity index (χ2n) is 39.8. The van der Waals surface area contributed by atoms with E-state index in [0.29, 0.717) is 12.8 Å². The van der Waals surface area contributed by atoms with Crippen molar-refractivity contribution in [3.8, 4) is 0 Å². The van der Waals surface area contributed by atoms with Gasteiger partial charge in [0.15, 0.2) is 56.6 Å². The third-order valence-electron chi connectivity index (χ3n) is 28.4. The number of unbranched alkanes of at least 4 members (excludes halogenated alkanes) is 25. The summed E-state index contributed by atoms with van der Waals surface area (Å²) in [6.07, 6.45) is -53.5. The van der Waals surface area contributed by atoms with Gasteiger partial charge in [-0.3, -0.25) is 19.2 Å². The number of hydrogen-bond acceptors (Lipinski definition) is 47. The Morgan fingerprint density at radius 3 is 0.932 bits per heavy atom. The summed E-state index contributed by atoms with van der Waals surface area (Å²) >= 11 is 0. The van der Waals surface area contributed by atoms with Crippen LogP contribution >= 0.6 is 0 Å². The maximum Gasteiger partial charge on any atom is 0.220 e. The van der Waals surface area contributed by atoms with Gasteiger partial charge in [0.2, 0.25) is 23.6 Å². The number of aliphatic hydroxyl groups is 25. The number of ether oxygens (including phenoxy) is 18. The van der Waals surface area contributed by atoms with Crippen molar-refractivity contribution in [1.29, 1.82) is 0 Å². The number of carbonyl (C=O) groups is 4. The van der Waals surface area contributed by atoms with Crippen LogP contribution in [0.3, 0.4) is 0 Å². The molecule has 0 spiro atoms. The average Bonchev–Trinajstić information content (AvgIpc) is 0.757. The van der Waals surface area contributed by atoms with Gasteiger partial charge < -0.3 is 234 Å². The van der Waals surface area contributed by atoms with Gasteiger partial charge in [0.05, 0.1) is 77.7 Å². The Morgan fingerprint density at radius 2 is 0.558 bits per heavy atom. The first kappa shape index (κ1) is 126. The molecule has 18 unspecified atom stereocenters. The predicted octanol–water partition coefficient (Wildman–Crippen LogP) is -7.78. The summed E-state index contributed by atoms with van der Waals surface area (Å²) in [5.74, 6) is -3.23. The molecule has 0 aromatic heterocycles. The van der Waals surface area contributed by atoms with Crippen LogP contribution < -0.4 is 21.3 Å². The van der Waals surface area contributed by atoms with E-state index >= 15 is 0 Å². The highest BCUT2D eigenvalue weighted by molar-refractivity contribution is 5.76. The lowest BCUT2D eigenvalue weighted by Crippen LogP contribution is -2.72. The van der Waals surface area contributed by atoms with E-state index in [1.165, 1.54) is 110 Å². The van der Waals surface area contributed by atoms with E-state index in [1.807, 2.05) is 6.08 Å². The molecule has 9 fully saturated rings. The topological polar surface area (TPSA) is 788 Å². The van der Waals surface area contributed by atoms with Gasteiger partial charge in [0, 0.05) is 27.2 Å². The molecular weight excluding hydrogens is 1960 g/mol. The number of hydrogen-bond donors (Lipinski definition) is 29. The maximum absolute atomic E-state index is 13.7. The minimum atomic E-state index is -2.45. The van der Waals surface area contributed by atoms with Crippen LogP contribution in [0.15, 0.2) is 12.2 Å². The highest BCUT2D eigenvalue weighted by Crippen LogP contribution is 2.42. The lowest BCUT2D eigenvalue weighted by atomic mass is 9.93. The second kappa shape index (κ2) is 63.9. The molecule has 0 radical (unpaired) electrons. The molecule has 9 heterocycles. The van der Waals surface area contributed by atoms with E-state index in [-0.39, 0.29) is 12.3 Å². The monoisotopic (exact) mass is 2130 g/mol. The molecule has 147 heavy (non-hydrogen) atoms. The molecule has 9 aliphatic heterocycles. The SMILES string of the molecule is CCCCCCCCCCCCC/C=C/[C@@H](O)[C@H](CO[C@@H]1OC(CO)[C@@H](O[C@@H]2OC(CO)[C@H](O)[C@H](O[C@@H]3OC(CO)[C@@H](O[C@@H]4OC(CO)[C@H](O)[C@H](O[C@@H]5OC(CO)[C@@H](O[C@@H]6OC(CO)[C@H](O)[C@H](O[C@@H]7OC(CO)[C@@H](O[C@@H]8OC(CO)[C@H](O)[C@H](O)C8O)[C@H](O)C7NC(C)=O)C6O)[C@H](O[C@H]6OC(C)[C@@H](O)C(O)[C@@H]6O)C5NC(C)=O)C4O)[C@H](O)C3NC(C)=O)C2O)[C@H](O)C1O)NC(=O)CCCCCCCCCCCCCCCCC. The van der Waals surface area contributed by atoms with Crippen LogP contribution in [0.2, 0.25) is 0 Å². The van der Waals surface area contributed by atoms with Gasteiger partial charge in [-0.15, -0.1) is 0 Å². The van der Waals surface area contributed by atoms with Crippen LogP contribution in [0, 0.1) is 0 Å². The van der Waals surface area contributed by atoms with Crippen LogP contribution in [0.5, 0.6) is 0 Å². The van der Waals surface area contributed by atoms with Crippen LogP contribution in [0.25, 0.3) is 0 Å². The Balaban J connectivity index is 0.885. The first-order chi connectivity index (χ1) is 70.4. The largest absolute Gasteiger partial charge is 0.394 e. The first-order valence-electron chi connectivity index (χ1n) is 52.4. The lowest BCUT2D eigenvalue weighted by molar-refractivity contribution is -0.397. The summed E-state index contributed by atoms with van der Waals surface area (Å²) < 4.78 is 109. The van der Waals surface area contributed by atoms with E-state index in [2.05, 4.69) is 35.1 Å². The number of allylic oxidation sites excluding steroid dienone is 1. The molecule has 0 aromatic carbocycles. The highest BCUT2D eigenvalue weighted by atomic mass is 16.8. The van der Waals surface area contributed by atoms with Crippen LogP contribution in [0.4, 0.5) is 0 Å². The summed E-state index contributed by atoms with van der Waals surface area (Å²) in [6.45, 7) is -0.834. The van der Waals surface area contributed by atoms with Crippen LogP contribution in [0.1, 0.15) is 221 Å². The van der Waals surface area contributed by atoms with E-state index in [4.69, 9.17) is 85.3 Å². The minimum Gasteiger partial charge on any atom is -0.394 e. The van der Waals surface area contributed by atoms with E-state index in [0.717, 1.165) is 78.6 Å². The Bertz CT molecular complexity index is 3720. The van der Waals surface area contributed by atoms with Gasteiger partial charge >= 0.3 is 0 Å². The molecule has 0 aromatic rings. The second-order valence-corrected chi connectivity index (χ2v) is 39.8. The summed E-state index contributed by atoms with van der Waals surface area (Å²) in [7, 11) is 0. The van der Waals surface area contributed by atoms with Gasteiger partial charge in [-0.25, -0.2) is 0 Å². The lowest BCUT2D eigenvalue weighted by Gasteiger charge is -2.52. The highest BCUT2D eigenvalue weighted by Gasteiger charge is 2.62. The molecular formula is C96H170N4O47. The quantitative estimate of drug-likeness (QED) is 0.0199. The predicted molar refractivity (Wildman–Crippen MR) is 502 cm³/mol. The van der Waals surface area contributed by atoms with Crippen molar-refractivity contribution in [3.63, 3.8) is 0 Å². The molecule has 9 aliphatic rings. The zero-order valence-electron chi connectivity index (χ0n) is 84.6. The summed E-state index contributed by atoms with van der Waals surface area (Å²) in [5.41, 5.74) is 0. The molecule has 0 aliphatic carbocycles. The van der Waals surface area contributed by atoms with Crippen molar-refractivity contribution in [2.45, 2.75) is 510 Å². The maximum atomic E-state index is 13.7. The smallest absolute Gasteiger partial charge is 0.220 e. The average molecular weight is 2130 g/mol. The third-order valence-corrected chi connectivity index (χ3v) is 28.4. The van der Waals surface area contributed by atoms with Gasteiger partial charge in [0.25, 0.3) is 0 Å². The fourth-order valence-corrected chi connectivity index (χ4v) is 19.9. The Kier molecular flexibility index (Phi) is 55.0. The molecule has 0 bridgehead atoms. The number of carbonyl (C=O) groups excluding carboxylic acids is 4. The molecule has 4 amide bonds. The fraction of sp³-hybridized carbons (Fsp3) is 0.938. The van der Waals surface area contributed by atoms with Crippen molar-refractivity contribution >= 4 is 23.6 Å². The molecule has 51 heteroatoms. The van der Waals surface area contributed by atoms with Crippen LogP contribution in [-0.2, 0) is 104 Å². The Hall–Kier alpha value is -4.10. The van der Waals surface area contributed by atoms with E-state index in [9.17, 15) is 147 Å². The van der Waals surface area contributed by atoms with Gasteiger partial charge in [-0.1, -0.05) is 180 Å². The van der Waals surface area contributed by atoms with E-state index < -0.39 is 365 Å². The number of amides is 4. The fourth-order valence-electron chi connectivity index (χ4n) is 19.9. The molecule has 29 N–H and O–H groups in total. The van der Waals surface area contributed by atoms with E-state index in [1.54, 1.807) is 6.08 Å². The van der Waals surface area contributed by atoms with Crippen molar-refractivity contribution in [2.24, 2.45) is 0 Å².